The normalized spacial score (nSPS) is 19.0. The number of nitrogens with zero attached hydrogens (tertiary/aromatic N) is 2. The van der Waals surface area contributed by atoms with Gasteiger partial charge in [0.05, 0.1) is 12.1 Å². The summed E-state index contributed by atoms with van der Waals surface area (Å²) in [5.41, 5.74) is 1.01. The van der Waals surface area contributed by atoms with Crippen LogP contribution in [0.5, 0.6) is 0 Å². The summed E-state index contributed by atoms with van der Waals surface area (Å²) in [7, 11) is 0. The number of benzene rings is 1. The van der Waals surface area contributed by atoms with Crippen LogP contribution in [0.3, 0.4) is 0 Å². The van der Waals surface area contributed by atoms with Crippen molar-refractivity contribution >= 4 is 5.91 Å². The summed E-state index contributed by atoms with van der Waals surface area (Å²) < 4.78 is 12.9. The number of aliphatic hydroxyl groups excluding tert-OH is 1. The maximum atomic E-state index is 12.9. The molecule has 1 amide bonds. The van der Waals surface area contributed by atoms with Gasteiger partial charge in [-0.1, -0.05) is 12.1 Å². The fraction of sp³-hybridized carbons (Fsp3) is 0.611. The molecule has 1 aromatic rings. The van der Waals surface area contributed by atoms with E-state index in [9.17, 15) is 14.3 Å². The van der Waals surface area contributed by atoms with Gasteiger partial charge in [-0.15, -0.1) is 0 Å². The Morgan fingerprint density at radius 3 is 2.42 bits per heavy atom. The van der Waals surface area contributed by atoms with E-state index < -0.39 is 0 Å². The monoisotopic (exact) mass is 337 g/mol. The van der Waals surface area contributed by atoms with Crippen molar-refractivity contribution in [2.24, 2.45) is 0 Å². The first-order valence-electron chi connectivity index (χ1n) is 8.62. The third-order valence-corrected chi connectivity index (χ3v) is 4.48. The van der Waals surface area contributed by atoms with Crippen LogP contribution in [-0.4, -0.2) is 72.2 Å². The lowest BCUT2D eigenvalue weighted by Gasteiger charge is -2.37. The molecule has 1 aromatic carbocycles. The van der Waals surface area contributed by atoms with Crippen molar-refractivity contribution in [2.75, 3.05) is 39.3 Å². The highest BCUT2D eigenvalue weighted by molar-refractivity contribution is 5.81. The van der Waals surface area contributed by atoms with Gasteiger partial charge in [0.2, 0.25) is 5.91 Å². The van der Waals surface area contributed by atoms with Crippen molar-refractivity contribution < 1.29 is 14.3 Å². The van der Waals surface area contributed by atoms with Crippen molar-refractivity contribution in [3.8, 4) is 0 Å². The van der Waals surface area contributed by atoms with Crippen molar-refractivity contribution in [3.05, 3.63) is 35.6 Å². The van der Waals surface area contributed by atoms with Gasteiger partial charge in [-0.25, -0.2) is 4.39 Å². The van der Waals surface area contributed by atoms with Crippen LogP contribution in [-0.2, 0) is 11.2 Å². The molecular formula is C18H28FN3O2. The molecule has 0 radical (unpaired) electrons. The first kappa shape index (κ1) is 18.8. The van der Waals surface area contributed by atoms with Crippen LogP contribution in [0, 0.1) is 5.82 Å². The highest BCUT2D eigenvalue weighted by Gasteiger charge is 2.25. The Bertz CT molecular complexity index is 514. The van der Waals surface area contributed by atoms with Crippen LogP contribution in [0.2, 0.25) is 0 Å². The standard InChI is InChI=1S/C18H28FN3O2/c1-14(23)13-21-9-11-22(12-10-21)15(2)18(24)20-8-7-16-3-5-17(19)6-4-16/h3-6,14-15,23H,7-13H2,1-2H3,(H,20,24)/t14-,15+/m1/s1. The van der Waals surface area contributed by atoms with Gasteiger partial charge < -0.3 is 10.4 Å². The molecule has 1 heterocycles. The minimum absolute atomic E-state index is 0.0288. The molecule has 2 rings (SSSR count). The zero-order valence-electron chi connectivity index (χ0n) is 14.5. The minimum atomic E-state index is -0.316. The molecule has 5 nitrogen and oxygen atoms in total. The van der Waals surface area contributed by atoms with E-state index in [1.54, 1.807) is 19.1 Å². The maximum absolute atomic E-state index is 12.9. The predicted octanol–water partition coefficient (Wildman–Crippen LogP) is 0.871. The molecule has 0 aliphatic carbocycles. The van der Waals surface area contributed by atoms with Gasteiger partial charge in [0, 0.05) is 39.3 Å². The zero-order valence-corrected chi connectivity index (χ0v) is 14.5. The summed E-state index contributed by atoms with van der Waals surface area (Å²) >= 11 is 0. The van der Waals surface area contributed by atoms with Crippen LogP contribution in [0.15, 0.2) is 24.3 Å². The summed E-state index contributed by atoms with van der Waals surface area (Å²) in [5.74, 6) is -0.216. The largest absolute Gasteiger partial charge is 0.392 e. The second kappa shape index (κ2) is 9.11. The minimum Gasteiger partial charge on any atom is -0.392 e. The molecule has 1 fully saturated rings. The van der Waals surface area contributed by atoms with Crippen LogP contribution in [0.1, 0.15) is 19.4 Å². The molecule has 0 saturated carbocycles. The van der Waals surface area contributed by atoms with Crippen LogP contribution < -0.4 is 5.32 Å². The van der Waals surface area contributed by atoms with Gasteiger partial charge >= 0.3 is 0 Å². The van der Waals surface area contributed by atoms with Gasteiger partial charge in [0.25, 0.3) is 0 Å². The summed E-state index contributed by atoms with van der Waals surface area (Å²) in [6.07, 6.45) is 0.379. The van der Waals surface area contributed by atoms with E-state index in [0.29, 0.717) is 19.5 Å². The smallest absolute Gasteiger partial charge is 0.237 e. The fourth-order valence-electron chi connectivity index (χ4n) is 3.00. The highest BCUT2D eigenvalue weighted by Crippen LogP contribution is 2.08. The molecule has 24 heavy (non-hydrogen) atoms. The SMILES string of the molecule is C[C@@H](O)CN1CCN([C@@H](C)C(=O)NCCc2ccc(F)cc2)CC1. The van der Waals surface area contributed by atoms with Gasteiger partial charge in [-0.3, -0.25) is 14.6 Å². The summed E-state index contributed by atoms with van der Waals surface area (Å²) in [6.45, 7) is 8.37. The van der Waals surface area contributed by atoms with Crippen LogP contribution in [0.25, 0.3) is 0 Å². The Morgan fingerprint density at radius 2 is 1.83 bits per heavy atom. The van der Waals surface area contributed by atoms with Crippen LogP contribution in [0.4, 0.5) is 4.39 Å². The molecule has 134 valence electrons. The number of carbonyl (C=O) groups excluding carboxylic acids is 1. The highest BCUT2D eigenvalue weighted by atomic mass is 19.1. The molecule has 1 aliphatic heterocycles. The molecule has 2 atom stereocenters. The van der Waals surface area contributed by atoms with Crippen molar-refractivity contribution in [1.29, 1.82) is 0 Å². The molecule has 0 aromatic heterocycles. The van der Waals surface area contributed by atoms with E-state index in [-0.39, 0.29) is 23.9 Å². The van der Waals surface area contributed by atoms with Gasteiger partial charge in [-0.05, 0) is 38.0 Å². The zero-order chi connectivity index (χ0) is 17.5. The Hall–Kier alpha value is -1.50. The first-order valence-corrected chi connectivity index (χ1v) is 8.62. The number of β-amino-alcohol motifs (C(OH)–C–C–N with tert-alkyl or cyclic N) is 1. The van der Waals surface area contributed by atoms with E-state index in [0.717, 1.165) is 31.7 Å². The van der Waals surface area contributed by atoms with E-state index in [4.69, 9.17) is 0 Å². The number of carbonyl (C=O) groups is 1. The van der Waals surface area contributed by atoms with Gasteiger partial charge in [0.15, 0.2) is 0 Å². The predicted molar refractivity (Wildman–Crippen MR) is 92.3 cm³/mol. The Balaban J connectivity index is 1.69. The van der Waals surface area contributed by atoms with E-state index in [2.05, 4.69) is 15.1 Å². The number of aliphatic hydroxyl groups is 1. The van der Waals surface area contributed by atoms with E-state index in [1.165, 1.54) is 12.1 Å². The third-order valence-electron chi connectivity index (χ3n) is 4.48. The molecule has 1 saturated heterocycles. The molecule has 6 heteroatoms. The Labute approximate surface area is 143 Å². The van der Waals surface area contributed by atoms with Gasteiger partial charge in [-0.2, -0.15) is 0 Å². The molecule has 0 unspecified atom stereocenters. The lowest BCUT2D eigenvalue weighted by atomic mass is 10.1. The molecule has 1 aliphatic rings. The topological polar surface area (TPSA) is 55.8 Å². The lowest BCUT2D eigenvalue weighted by Crippen LogP contribution is -2.54. The van der Waals surface area contributed by atoms with E-state index in [1.807, 2.05) is 6.92 Å². The third kappa shape index (κ3) is 5.85. The maximum Gasteiger partial charge on any atom is 0.237 e. The first-order chi connectivity index (χ1) is 11.5. The molecule has 0 bridgehead atoms. The molecular weight excluding hydrogens is 309 g/mol. The number of hydrogen-bond acceptors (Lipinski definition) is 4. The van der Waals surface area contributed by atoms with Gasteiger partial charge in [0.1, 0.15) is 5.82 Å². The van der Waals surface area contributed by atoms with Crippen molar-refractivity contribution in [1.82, 2.24) is 15.1 Å². The van der Waals surface area contributed by atoms with E-state index >= 15 is 0 Å². The summed E-state index contributed by atoms with van der Waals surface area (Å²) in [6, 6.07) is 6.20. The van der Waals surface area contributed by atoms with Crippen LogP contribution >= 0.6 is 0 Å². The number of nitrogens with one attached hydrogen (secondary N) is 1. The number of piperazine rings is 1. The lowest BCUT2D eigenvalue weighted by molar-refractivity contribution is -0.126. The summed E-state index contributed by atoms with van der Waals surface area (Å²) in [5, 5.41) is 12.4. The number of hydrogen-bond donors (Lipinski definition) is 2. The molecule has 2 N–H and O–H groups in total. The summed E-state index contributed by atoms with van der Waals surface area (Å²) in [4.78, 5) is 16.7. The fourth-order valence-corrected chi connectivity index (χ4v) is 3.00. The number of rotatable bonds is 7. The van der Waals surface area contributed by atoms with Crippen molar-refractivity contribution in [3.63, 3.8) is 0 Å². The van der Waals surface area contributed by atoms with Crippen molar-refractivity contribution in [2.45, 2.75) is 32.4 Å². The Morgan fingerprint density at radius 1 is 1.21 bits per heavy atom. The second-order valence-corrected chi connectivity index (χ2v) is 6.53. The Kier molecular flexibility index (Phi) is 7.15. The number of amides is 1. The average molecular weight is 337 g/mol. The quantitative estimate of drug-likeness (QED) is 0.775. The molecule has 0 spiro atoms. The number of halogens is 1. The second-order valence-electron chi connectivity index (χ2n) is 6.53. The average Bonchev–Trinajstić information content (AvgIpc) is 2.56.